The first-order chi connectivity index (χ1) is 8.69. The fourth-order valence-electron chi connectivity index (χ4n) is 2.77. The van der Waals surface area contributed by atoms with Crippen LogP contribution in [0.1, 0.15) is 29.8 Å². The Hall–Kier alpha value is -1.43. The summed E-state index contributed by atoms with van der Waals surface area (Å²) in [7, 11) is 0. The Morgan fingerprint density at radius 1 is 1.44 bits per heavy atom. The quantitative estimate of drug-likeness (QED) is 0.820. The van der Waals surface area contributed by atoms with Crippen molar-refractivity contribution in [3.63, 3.8) is 0 Å². The van der Waals surface area contributed by atoms with E-state index in [-0.39, 0.29) is 17.2 Å². The molecule has 1 aromatic rings. The highest BCUT2D eigenvalue weighted by atomic mass is 32.1. The van der Waals surface area contributed by atoms with E-state index < -0.39 is 0 Å². The lowest BCUT2D eigenvalue weighted by molar-refractivity contribution is -0.119. The zero-order valence-corrected chi connectivity index (χ0v) is 10.8. The molecule has 2 aliphatic rings. The van der Waals surface area contributed by atoms with Gasteiger partial charge in [0.25, 0.3) is 5.91 Å². The minimum atomic E-state index is 0.0170. The molecule has 2 saturated heterocycles. The van der Waals surface area contributed by atoms with Crippen molar-refractivity contribution in [3.05, 3.63) is 16.6 Å². The maximum absolute atomic E-state index is 12.1. The number of thiazole rings is 1. The zero-order chi connectivity index (χ0) is 12.6. The van der Waals surface area contributed by atoms with Gasteiger partial charge >= 0.3 is 0 Å². The lowest BCUT2D eigenvalue weighted by Crippen LogP contribution is -2.44. The number of hydrogen-bond donors (Lipinski definition) is 1. The van der Waals surface area contributed by atoms with Crippen LogP contribution in [0.2, 0.25) is 0 Å². The Bertz CT molecular complexity index is 464. The van der Waals surface area contributed by atoms with Crippen LogP contribution in [0.15, 0.2) is 10.9 Å². The molecular formula is C12H15N3O2S. The number of rotatable bonds is 1. The molecule has 0 unspecified atom stereocenters. The van der Waals surface area contributed by atoms with Gasteiger partial charge in [-0.05, 0) is 18.3 Å². The first-order valence-corrected chi connectivity index (χ1v) is 7.07. The molecule has 96 valence electrons. The van der Waals surface area contributed by atoms with E-state index in [1.54, 1.807) is 10.9 Å². The number of nitrogens with zero attached hydrogens (tertiary/aromatic N) is 2. The number of piperidine rings is 1. The van der Waals surface area contributed by atoms with Gasteiger partial charge in [0.2, 0.25) is 5.91 Å². The van der Waals surface area contributed by atoms with Crippen LogP contribution in [-0.2, 0) is 4.79 Å². The molecule has 1 N–H and O–H groups in total. The highest BCUT2D eigenvalue weighted by molar-refractivity contribution is 7.07. The Balaban J connectivity index is 1.64. The summed E-state index contributed by atoms with van der Waals surface area (Å²) in [6.45, 7) is 2.22. The lowest BCUT2D eigenvalue weighted by atomic mass is 9.77. The summed E-state index contributed by atoms with van der Waals surface area (Å²) in [6.07, 6.45) is 2.43. The van der Waals surface area contributed by atoms with Crippen LogP contribution in [0.4, 0.5) is 0 Å². The molecule has 2 fully saturated rings. The van der Waals surface area contributed by atoms with Crippen LogP contribution in [-0.4, -0.2) is 41.3 Å². The number of aromatic nitrogens is 1. The topological polar surface area (TPSA) is 62.3 Å². The normalized spacial score (nSPS) is 22.2. The molecular weight excluding hydrogens is 250 g/mol. The van der Waals surface area contributed by atoms with Crippen LogP contribution >= 0.6 is 11.3 Å². The van der Waals surface area contributed by atoms with E-state index in [9.17, 15) is 9.59 Å². The Kier molecular flexibility index (Phi) is 2.81. The van der Waals surface area contributed by atoms with Gasteiger partial charge in [-0.25, -0.2) is 4.98 Å². The van der Waals surface area contributed by atoms with Gasteiger partial charge in [-0.15, -0.1) is 11.3 Å². The molecule has 0 aromatic carbocycles. The van der Waals surface area contributed by atoms with Crippen LogP contribution in [0.3, 0.4) is 0 Å². The molecule has 0 atom stereocenters. The van der Waals surface area contributed by atoms with Crippen molar-refractivity contribution in [1.82, 2.24) is 15.2 Å². The van der Waals surface area contributed by atoms with Crippen molar-refractivity contribution in [2.45, 2.75) is 19.3 Å². The molecule has 18 heavy (non-hydrogen) atoms. The molecule has 1 aromatic heterocycles. The number of likely N-dealkylation sites (tertiary alicyclic amines) is 1. The van der Waals surface area contributed by atoms with E-state index >= 15 is 0 Å². The van der Waals surface area contributed by atoms with Crippen LogP contribution in [0.25, 0.3) is 0 Å². The van der Waals surface area contributed by atoms with E-state index in [1.165, 1.54) is 11.3 Å². The van der Waals surface area contributed by atoms with Gasteiger partial charge in [0.1, 0.15) is 5.69 Å². The fraction of sp³-hybridized carbons (Fsp3) is 0.583. The highest BCUT2D eigenvalue weighted by Crippen LogP contribution is 2.37. The third kappa shape index (κ3) is 2.01. The van der Waals surface area contributed by atoms with Crippen molar-refractivity contribution < 1.29 is 9.59 Å². The summed E-state index contributed by atoms with van der Waals surface area (Å²) in [5.41, 5.74) is 2.31. The predicted octanol–water partition coefficient (Wildman–Crippen LogP) is 0.885. The second-order valence-electron chi connectivity index (χ2n) is 5.12. The molecule has 0 bridgehead atoms. The van der Waals surface area contributed by atoms with E-state index in [0.29, 0.717) is 12.1 Å². The summed E-state index contributed by atoms with van der Waals surface area (Å²) in [5.74, 6) is 0.165. The van der Waals surface area contributed by atoms with E-state index in [4.69, 9.17) is 0 Å². The van der Waals surface area contributed by atoms with Crippen LogP contribution < -0.4 is 5.32 Å². The van der Waals surface area contributed by atoms with Gasteiger partial charge in [0.05, 0.1) is 5.51 Å². The minimum absolute atomic E-state index is 0.0170. The fourth-order valence-corrected chi connectivity index (χ4v) is 3.30. The number of carbonyl (C=O) groups excluding carboxylic acids is 2. The first-order valence-electron chi connectivity index (χ1n) is 6.13. The van der Waals surface area contributed by atoms with Gasteiger partial charge in [-0.3, -0.25) is 9.59 Å². The molecule has 1 spiro atoms. The Morgan fingerprint density at radius 3 is 2.78 bits per heavy atom. The number of carbonyl (C=O) groups is 2. The smallest absolute Gasteiger partial charge is 0.273 e. The summed E-state index contributed by atoms with van der Waals surface area (Å²) in [5, 5.41) is 4.68. The van der Waals surface area contributed by atoms with Crippen molar-refractivity contribution in [1.29, 1.82) is 0 Å². The van der Waals surface area contributed by atoms with Crippen molar-refractivity contribution in [2.75, 3.05) is 19.6 Å². The van der Waals surface area contributed by atoms with E-state index in [1.807, 2.05) is 4.90 Å². The summed E-state index contributed by atoms with van der Waals surface area (Å²) < 4.78 is 0. The summed E-state index contributed by atoms with van der Waals surface area (Å²) in [4.78, 5) is 29.3. The van der Waals surface area contributed by atoms with Crippen LogP contribution in [0.5, 0.6) is 0 Å². The van der Waals surface area contributed by atoms with Crippen LogP contribution in [0, 0.1) is 5.41 Å². The number of nitrogens with one attached hydrogen (secondary N) is 1. The highest BCUT2D eigenvalue weighted by Gasteiger charge is 2.41. The molecule has 3 heterocycles. The van der Waals surface area contributed by atoms with E-state index in [0.717, 1.165) is 32.5 Å². The number of hydrogen-bond acceptors (Lipinski definition) is 4. The molecule has 0 aliphatic carbocycles. The average molecular weight is 265 g/mol. The maximum atomic E-state index is 12.1. The number of amides is 2. The molecule has 2 amide bonds. The Labute approximate surface area is 109 Å². The Morgan fingerprint density at radius 2 is 2.22 bits per heavy atom. The zero-order valence-electron chi connectivity index (χ0n) is 10.0. The van der Waals surface area contributed by atoms with Gasteiger partial charge in [-0.2, -0.15) is 0 Å². The summed E-state index contributed by atoms with van der Waals surface area (Å²) in [6, 6.07) is 0. The van der Waals surface area contributed by atoms with Gasteiger partial charge < -0.3 is 10.2 Å². The second kappa shape index (κ2) is 4.35. The molecule has 3 rings (SSSR count). The molecule has 2 aliphatic heterocycles. The first kappa shape index (κ1) is 11.6. The maximum Gasteiger partial charge on any atom is 0.273 e. The van der Waals surface area contributed by atoms with Crippen molar-refractivity contribution in [3.8, 4) is 0 Å². The predicted molar refractivity (Wildman–Crippen MR) is 67.3 cm³/mol. The SMILES string of the molecule is O=C1CC2(CCN(C(=O)c3cscn3)CC2)CN1. The van der Waals surface area contributed by atoms with Gasteiger partial charge in [0.15, 0.2) is 0 Å². The largest absolute Gasteiger partial charge is 0.356 e. The standard InChI is InChI=1S/C12H15N3O2S/c16-10-5-12(7-13-10)1-3-15(4-2-12)11(17)9-6-18-8-14-9/h6,8H,1-5,7H2,(H,13,16). The third-order valence-electron chi connectivity index (χ3n) is 3.96. The van der Waals surface area contributed by atoms with E-state index in [2.05, 4.69) is 10.3 Å². The third-order valence-corrected chi connectivity index (χ3v) is 4.55. The molecule has 5 nitrogen and oxygen atoms in total. The molecule has 0 saturated carbocycles. The molecule has 0 radical (unpaired) electrons. The van der Waals surface area contributed by atoms with Crippen molar-refractivity contribution in [2.24, 2.45) is 5.41 Å². The molecule has 6 heteroatoms. The van der Waals surface area contributed by atoms with Crippen molar-refractivity contribution >= 4 is 23.2 Å². The lowest BCUT2D eigenvalue weighted by Gasteiger charge is -2.37. The average Bonchev–Trinajstić information content (AvgIpc) is 3.00. The second-order valence-corrected chi connectivity index (χ2v) is 5.84. The minimum Gasteiger partial charge on any atom is -0.356 e. The van der Waals surface area contributed by atoms with Gasteiger partial charge in [-0.1, -0.05) is 0 Å². The monoisotopic (exact) mass is 265 g/mol. The van der Waals surface area contributed by atoms with Gasteiger partial charge in [0, 0.05) is 31.4 Å². The summed E-state index contributed by atoms with van der Waals surface area (Å²) >= 11 is 1.44.